The minimum atomic E-state index is -0.327. The quantitative estimate of drug-likeness (QED) is 0.565. The summed E-state index contributed by atoms with van der Waals surface area (Å²) in [7, 11) is 0. The summed E-state index contributed by atoms with van der Waals surface area (Å²) in [5, 5.41) is 8.64. The van der Waals surface area contributed by atoms with Gasteiger partial charge in [0.15, 0.2) is 0 Å². The normalized spacial score (nSPS) is 28.3. The van der Waals surface area contributed by atoms with Crippen molar-refractivity contribution in [2.24, 2.45) is 0 Å². The fraction of sp³-hybridized carbons (Fsp3) is 0.818. The maximum absolute atomic E-state index is 12.0. The second kappa shape index (κ2) is 5.01. The average molecular weight is 241 g/mol. The fourth-order valence-corrected chi connectivity index (χ4v) is 2.08. The van der Waals surface area contributed by atoms with E-state index in [0.717, 1.165) is 12.8 Å². The molecule has 2 aliphatic rings. The highest BCUT2D eigenvalue weighted by molar-refractivity contribution is 5.87. The zero-order valence-corrected chi connectivity index (χ0v) is 10.0. The van der Waals surface area contributed by atoms with E-state index in [1.54, 1.807) is 0 Å². The summed E-state index contributed by atoms with van der Waals surface area (Å²) in [5.74, 6) is -0.110. The standard InChI is InChI=1S/C11H19N3O3/c1-11(2-4-17-5-3-11)14-10(16)8-6-13-9(15)7-12-8/h8,12H,2-7H2,1H3,(H,13,15)(H,14,16). The Hall–Kier alpha value is -1.14. The predicted octanol–water partition coefficient (Wildman–Crippen LogP) is -1.24. The van der Waals surface area contributed by atoms with Gasteiger partial charge in [-0.25, -0.2) is 0 Å². The van der Waals surface area contributed by atoms with Gasteiger partial charge in [-0.3, -0.25) is 14.9 Å². The van der Waals surface area contributed by atoms with Crippen LogP contribution in [0.15, 0.2) is 0 Å². The Kier molecular flexibility index (Phi) is 3.63. The minimum Gasteiger partial charge on any atom is -0.381 e. The van der Waals surface area contributed by atoms with E-state index in [4.69, 9.17) is 4.74 Å². The van der Waals surface area contributed by atoms with Crippen LogP contribution in [0, 0.1) is 0 Å². The minimum absolute atomic E-state index is 0.0469. The number of nitrogens with one attached hydrogen (secondary N) is 3. The first-order chi connectivity index (χ1) is 8.09. The van der Waals surface area contributed by atoms with Crippen LogP contribution in [0.2, 0.25) is 0 Å². The summed E-state index contributed by atoms with van der Waals surface area (Å²) in [6, 6.07) is -0.327. The number of carbonyl (C=O) groups excluding carboxylic acids is 2. The molecular weight excluding hydrogens is 222 g/mol. The van der Waals surface area contributed by atoms with Crippen LogP contribution in [-0.2, 0) is 14.3 Å². The number of hydrogen-bond donors (Lipinski definition) is 3. The first-order valence-corrected chi connectivity index (χ1v) is 5.99. The fourth-order valence-electron chi connectivity index (χ4n) is 2.08. The molecule has 2 amide bonds. The molecule has 6 nitrogen and oxygen atoms in total. The number of piperazine rings is 1. The molecule has 96 valence electrons. The van der Waals surface area contributed by atoms with E-state index in [0.29, 0.717) is 19.8 Å². The second-order valence-electron chi connectivity index (χ2n) is 4.90. The first-order valence-electron chi connectivity index (χ1n) is 5.99. The molecule has 6 heteroatoms. The van der Waals surface area contributed by atoms with Crippen molar-refractivity contribution in [1.82, 2.24) is 16.0 Å². The average Bonchev–Trinajstić information content (AvgIpc) is 2.30. The lowest BCUT2D eigenvalue weighted by atomic mass is 9.92. The van der Waals surface area contributed by atoms with Crippen molar-refractivity contribution in [3.8, 4) is 0 Å². The maximum Gasteiger partial charge on any atom is 0.239 e. The molecule has 17 heavy (non-hydrogen) atoms. The van der Waals surface area contributed by atoms with Crippen LogP contribution < -0.4 is 16.0 Å². The van der Waals surface area contributed by atoms with Crippen LogP contribution in [-0.4, -0.2) is 49.7 Å². The van der Waals surface area contributed by atoms with Crippen LogP contribution in [0.4, 0.5) is 0 Å². The lowest BCUT2D eigenvalue weighted by Crippen LogP contribution is -2.61. The van der Waals surface area contributed by atoms with Crippen LogP contribution in [0.25, 0.3) is 0 Å². The first kappa shape index (κ1) is 12.3. The van der Waals surface area contributed by atoms with E-state index < -0.39 is 0 Å². The predicted molar refractivity (Wildman–Crippen MR) is 61.4 cm³/mol. The Morgan fingerprint density at radius 3 is 2.76 bits per heavy atom. The zero-order valence-electron chi connectivity index (χ0n) is 10.0. The van der Waals surface area contributed by atoms with Gasteiger partial charge in [-0.2, -0.15) is 0 Å². The number of rotatable bonds is 2. The molecule has 0 aromatic heterocycles. The van der Waals surface area contributed by atoms with E-state index in [-0.39, 0.29) is 29.9 Å². The van der Waals surface area contributed by atoms with Crippen molar-refractivity contribution >= 4 is 11.8 Å². The molecule has 2 aliphatic heterocycles. The van der Waals surface area contributed by atoms with Crippen molar-refractivity contribution in [3.05, 3.63) is 0 Å². The van der Waals surface area contributed by atoms with Gasteiger partial charge in [0.2, 0.25) is 11.8 Å². The van der Waals surface area contributed by atoms with Gasteiger partial charge in [0, 0.05) is 25.3 Å². The molecule has 0 aromatic rings. The lowest BCUT2D eigenvalue weighted by Gasteiger charge is -2.36. The molecule has 0 radical (unpaired) electrons. The summed E-state index contributed by atoms with van der Waals surface area (Å²) in [6.07, 6.45) is 1.66. The van der Waals surface area contributed by atoms with Gasteiger partial charge in [-0.15, -0.1) is 0 Å². The molecule has 2 fully saturated rings. The van der Waals surface area contributed by atoms with E-state index in [1.807, 2.05) is 6.92 Å². The summed E-state index contributed by atoms with van der Waals surface area (Å²) in [6.45, 7) is 3.97. The SMILES string of the molecule is CC1(NC(=O)C2CNC(=O)CN2)CCOCC1. The molecular formula is C11H19N3O3. The van der Waals surface area contributed by atoms with Gasteiger partial charge < -0.3 is 15.4 Å². The Balaban J connectivity index is 1.85. The topological polar surface area (TPSA) is 79.5 Å². The summed E-state index contributed by atoms with van der Waals surface area (Å²) < 4.78 is 5.28. The third-order valence-corrected chi connectivity index (χ3v) is 3.35. The second-order valence-corrected chi connectivity index (χ2v) is 4.90. The molecule has 0 saturated carbocycles. The highest BCUT2D eigenvalue weighted by atomic mass is 16.5. The third kappa shape index (κ3) is 3.17. The highest BCUT2D eigenvalue weighted by Crippen LogP contribution is 2.19. The van der Waals surface area contributed by atoms with Gasteiger partial charge in [-0.1, -0.05) is 0 Å². The van der Waals surface area contributed by atoms with Gasteiger partial charge in [0.25, 0.3) is 0 Å². The van der Waals surface area contributed by atoms with Gasteiger partial charge in [0.1, 0.15) is 6.04 Å². The van der Waals surface area contributed by atoms with E-state index >= 15 is 0 Å². The van der Waals surface area contributed by atoms with Crippen molar-refractivity contribution in [3.63, 3.8) is 0 Å². The molecule has 0 spiro atoms. The number of carbonyl (C=O) groups is 2. The van der Waals surface area contributed by atoms with Crippen molar-refractivity contribution in [2.75, 3.05) is 26.3 Å². The molecule has 0 bridgehead atoms. The monoisotopic (exact) mass is 241 g/mol. The number of amides is 2. The third-order valence-electron chi connectivity index (χ3n) is 3.35. The van der Waals surface area contributed by atoms with Crippen LogP contribution in [0.5, 0.6) is 0 Å². The Morgan fingerprint density at radius 2 is 2.18 bits per heavy atom. The zero-order chi connectivity index (χ0) is 12.3. The molecule has 2 saturated heterocycles. The molecule has 2 heterocycles. The summed E-state index contributed by atoms with van der Waals surface area (Å²) in [5.41, 5.74) is -0.182. The van der Waals surface area contributed by atoms with E-state index in [1.165, 1.54) is 0 Å². The molecule has 0 aliphatic carbocycles. The molecule has 0 aromatic carbocycles. The van der Waals surface area contributed by atoms with Gasteiger partial charge in [-0.05, 0) is 19.8 Å². The Bertz CT molecular complexity index is 303. The molecule has 2 rings (SSSR count). The molecule has 3 N–H and O–H groups in total. The maximum atomic E-state index is 12.0. The van der Waals surface area contributed by atoms with Crippen molar-refractivity contribution < 1.29 is 14.3 Å². The van der Waals surface area contributed by atoms with Crippen LogP contribution >= 0.6 is 0 Å². The van der Waals surface area contributed by atoms with Crippen LogP contribution in [0.1, 0.15) is 19.8 Å². The van der Waals surface area contributed by atoms with Crippen LogP contribution in [0.3, 0.4) is 0 Å². The van der Waals surface area contributed by atoms with Gasteiger partial charge >= 0.3 is 0 Å². The Labute approximate surface area is 100 Å². The van der Waals surface area contributed by atoms with Gasteiger partial charge in [0.05, 0.1) is 6.54 Å². The van der Waals surface area contributed by atoms with Crippen molar-refractivity contribution in [2.45, 2.75) is 31.3 Å². The Morgan fingerprint density at radius 1 is 1.47 bits per heavy atom. The largest absolute Gasteiger partial charge is 0.381 e. The summed E-state index contributed by atoms with van der Waals surface area (Å²) >= 11 is 0. The number of hydrogen-bond acceptors (Lipinski definition) is 4. The smallest absolute Gasteiger partial charge is 0.239 e. The van der Waals surface area contributed by atoms with E-state index in [2.05, 4.69) is 16.0 Å². The highest BCUT2D eigenvalue weighted by Gasteiger charge is 2.32. The van der Waals surface area contributed by atoms with E-state index in [9.17, 15) is 9.59 Å². The summed E-state index contributed by atoms with van der Waals surface area (Å²) in [4.78, 5) is 23.0. The number of ether oxygens (including phenoxy) is 1. The lowest BCUT2D eigenvalue weighted by molar-refractivity contribution is -0.128. The molecule has 1 unspecified atom stereocenters. The van der Waals surface area contributed by atoms with Crippen molar-refractivity contribution in [1.29, 1.82) is 0 Å². The molecule has 1 atom stereocenters.